The molecule has 0 heterocycles. The Morgan fingerprint density at radius 3 is 0.921 bits per heavy atom. The van der Waals surface area contributed by atoms with Crippen molar-refractivity contribution in [1.82, 2.24) is 5.32 Å². The SMILES string of the molecule is CC/C=C\C/C=C\C/C=C\C/C=C\C/C=C\CCCCCCCCCCCCCCCCCCCCCCCCCCCC(=O)NC(CO)C(O)/C=C/CC/C=C/CCCCCCCCCCCCCCCCCCC. The van der Waals surface area contributed by atoms with E-state index in [2.05, 4.69) is 92.1 Å². The number of nitrogens with one attached hydrogen (secondary N) is 1. The number of aliphatic hydroxyl groups is 2. The van der Waals surface area contributed by atoms with Gasteiger partial charge in [-0.3, -0.25) is 4.79 Å². The molecule has 76 heavy (non-hydrogen) atoms. The zero-order valence-corrected chi connectivity index (χ0v) is 51.0. The number of hydrogen-bond acceptors (Lipinski definition) is 3. The van der Waals surface area contributed by atoms with Gasteiger partial charge >= 0.3 is 0 Å². The van der Waals surface area contributed by atoms with Crippen molar-refractivity contribution in [3.8, 4) is 0 Å². The minimum absolute atomic E-state index is 0.0685. The Morgan fingerprint density at radius 1 is 0.329 bits per heavy atom. The van der Waals surface area contributed by atoms with Crippen molar-refractivity contribution in [2.75, 3.05) is 6.61 Å². The Balaban J connectivity index is 3.45. The predicted octanol–water partition coefficient (Wildman–Crippen LogP) is 23.0. The van der Waals surface area contributed by atoms with Crippen LogP contribution in [0.2, 0.25) is 0 Å². The van der Waals surface area contributed by atoms with Gasteiger partial charge in [0.2, 0.25) is 5.91 Å². The second-order valence-corrected chi connectivity index (χ2v) is 22.9. The minimum Gasteiger partial charge on any atom is -0.394 e. The average molecular weight is 1060 g/mol. The molecule has 0 aliphatic rings. The maximum Gasteiger partial charge on any atom is 0.220 e. The largest absolute Gasteiger partial charge is 0.394 e. The minimum atomic E-state index is -0.864. The van der Waals surface area contributed by atoms with E-state index < -0.39 is 12.1 Å². The van der Waals surface area contributed by atoms with Crippen LogP contribution in [0.5, 0.6) is 0 Å². The summed E-state index contributed by atoms with van der Waals surface area (Å²) < 4.78 is 0. The van der Waals surface area contributed by atoms with Gasteiger partial charge in [-0.25, -0.2) is 0 Å². The molecule has 0 bridgehead atoms. The van der Waals surface area contributed by atoms with Crippen LogP contribution in [0.25, 0.3) is 0 Å². The lowest BCUT2D eigenvalue weighted by atomic mass is 10.0. The molecule has 0 fully saturated rings. The number of carbonyl (C=O) groups is 1. The van der Waals surface area contributed by atoms with Crippen LogP contribution in [0.4, 0.5) is 0 Å². The third-order valence-electron chi connectivity index (χ3n) is 15.4. The van der Waals surface area contributed by atoms with Gasteiger partial charge in [0.05, 0.1) is 18.8 Å². The van der Waals surface area contributed by atoms with E-state index in [-0.39, 0.29) is 12.5 Å². The lowest BCUT2D eigenvalue weighted by Gasteiger charge is -2.19. The Bertz CT molecular complexity index is 1340. The van der Waals surface area contributed by atoms with E-state index in [0.29, 0.717) is 6.42 Å². The van der Waals surface area contributed by atoms with Crippen LogP contribution in [0.3, 0.4) is 0 Å². The number of hydrogen-bond donors (Lipinski definition) is 3. The summed E-state index contributed by atoms with van der Waals surface area (Å²) >= 11 is 0. The molecule has 1 amide bonds. The van der Waals surface area contributed by atoms with Crippen molar-refractivity contribution < 1.29 is 15.0 Å². The quantitative estimate of drug-likeness (QED) is 0.0420. The van der Waals surface area contributed by atoms with Crippen molar-refractivity contribution in [2.24, 2.45) is 0 Å². The van der Waals surface area contributed by atoms with E-state index in [4.69, 9.17) is 0 Å². The predicted molar refractivity (Wildman–Crippen MR) is 340 cm³/mol. The number of carbonyl (C=O) groups excluding carboxylic acids is 1. The summed E-state index contributed by atoms with van der Waals surface area (Å²) in [4.78, 5) is 12.5. The highest BCUT2D eigenvalue weighted by Crippen LogP contribution is 2.18. The zero-order chi connectivity index (χ0) is 54.8. The molecule has 0 aromatic rings. The fraction of sp³-hybridized carbons (Fsp3) is 0.792. The Labute approximate surface area is 475 Å². The molecule has 0 rings (SSSR count). The molecule has 0 aliphatic heterocycles. The van der Waals surface area contributed by atoms with E-state index in [1.807, 2.05) is 6.08 Å². The van der Waals surface area contributed by atoms with Crippen LogP contribution >= 0.6 is 0 Å². The first-order valence-electron chi connectivity index (χ1n) is 33.8. The maximum atomic E-state index is 12.5. The van der Waals surface area contributed by atoms with Gasteiger partial charge in [0, 0.05) is 6.42 Å². The topological polar surface area (TPSA) is 69.6 Å². The molecule has 0 radical (unpaired) electrons. The lowest BCUT2D eigenvalue weighted by molar-refractivity contribution is -0.123. The van der Waals surface area contributed by atoms with Crippen LogP contribution in [0.15, 0.2) is 85.1 Å². The molecule has 0 spiro atoms. The number of allylic oxidation sites excluding steroid dienone is 13. The van der Waals surface area contributed by atoms with Crippen molar-refractivity contribution in [2.45, 2.75) is 360 Å². The van der Waals surface area contributed by atoms with E-state index in [0.717, 1.165) is 64.2 Å². The van der Waals surface area contributed by atoms with E-state index in [1.165, 1.54) is 263 Å². The Kier molecular flexibility index (Phi) is 64.7. The average Bonchev–Trinajstić information content (AvgIpc) is 3.42. The molecular weight excluding hydrogens is 927 g/mol. The highest BCUT2D eigenvalue weighted by atomic mass is 16.3. The molecule has 442 valence electrons. The van der Waals surface area contributed by atoms with Gasteiger partial charge in [-0.05, 0) is 77.0 Å². The summed E-state index contributed by atoms with van der Waals surface area (Å²) in [6, 6.07) is -0.641. The molecule has 0 saturated heterocycles. The Morgan fingerprint density at radius 2 is 0.592 bits per heavy atom. The first kappa shape index (κ1) is 73.6. The van der Waals surface area contributed by atoms with Gasteiger partial charge in [0.1, 0.15) is 0 Å². The summed E-state index contributed by atoms with van der Waals surface area (Å²) in [7, 11) is 0. The molecule has 0 aromatic carbocycles. The van der Waals surface area contributed by atoms with Crippen molar-refractivity contribution in [3.63, 3.8) is 0 Å². The molecule has 4 heteroatoms. The van der Waals surface area contributed by atoms with Gasteiger partial charge in [-0.15, -0.1) is 0 Å². The molecule has 2 atom stereocenters. The summed E-state index contributed by atoms with van der Waals surface area (Å²) in [6.45, 7) is 4.21. The third kappa shape index (κ3) is 62.4. The van der Waals surface area contributed by atoms with Gasteiger partial charge < -0.3 is 15.5 Å². The third-order valence-corrected chi connectivity index (χ3v) is 15.4. The van der Waals surface area contributed by atoms with Crippen LogP contribution in [-0.2, 0) is 4.79 Å². The monoisotopic (exact) mass is 1060 g/mol. The summed E-state index contributed by atoms with van der Waals surface area (Å²) in [5.41, 5.74) is 0. The summed E-state index contributed by atoms with van der Waals surface area (Å²) in [6.07, 6.45) is 98.1. The molecule has 4 nitrogen and oxygen atoms in total. The van der Waals surface area contributed by atoms with Gasteiger partial charge in [-0.1, -0.05) is 349 Å². The number of aliphatic hydroxyl groups excluding tert-OH is 2. The number of amides is 1. The van der Waals surface area contributed by atoms with E-state index >= 15 is 0 Å². The standard InChI is InChI=1S/C72H131NO3/c1-3-5-7-9-11-13-15-17-19-21-23-25-27-28-29-30-31-32-33-34-35-36-37-38-39-40-41-42-43-44-46-48-50-52-54-56-58-60-62-64-66-68-72(76)73-70(69-74)71(75)67-65-63-61-59-57-55-53-51-49-47-45-26-24-22-20-18-16-14-12-10-8-6-4-2/h5,7,11,13,17,19,23,25,28-29,57,59,65,67,70-71,74-75H,3-4,6,8-10,12,14-16,18,20-22,24,26-27,30-56,58,60-64,66,68-69H2,1-2H3,(H,73,76)/b7-5-,13-11-,19-17-,25-23-,29-28-,59-57+,67-65+. The normalized spacial score (nSPS) is 13.3. The van der Waals surface area contributed by atoms with E-state index in [1.54, 1.807) is 6.08 Å². The maximum absolute atomic E-state index is 12.5. The van der Waals surface area contributed by atoms with Crippen LogP contribution in [0.1, 0.15) is 348 Å². The molecule has 0 aromatic heterocycles. The first-order valence-corrected chi connectivity index (χ1v) is 33.8. The van der Waals surface area contributed by atoms with Gasteiger partial charge in [0.25, 0.3) is 0 Å². The highest BCUT2D eigenvalue weighted by molar-refractivity contribution is 5.76. The van der Waals surface area contributed by atoms with Gasteiger partial charge in [0.15, 0.2) is 0 Å². The molecule has 2 unspecified atom stereocenters. The van der Waals surface area contributed by atoms with Crippen molar-refractivity contribution >= 4 is 5.91 Å². The van der Waals surface area contributed by atoms with Crippen LogP contribution in [0, 0.1) is 0 Å². The Hall–Kier alpha value is -2.43. The smallest absolute Gasteiger partial charge is 0.220 e. The first-order chi connectivity index (χ1) is 37.7. The van der Waals surface area contributed by atoms with Crippen molar-refractivity contribution in [1.29, 1.82) is 0 Å². The van der Waals surface area contributed by atoms with Gasteiger partial charge in [-0.2, -0.15) is 0 Å². The second-order valence-electron chi connectivity index (χ2n) is 22.9. The fourth-order valence-corrected chi connectivity index (χ4v) is 10.3. The van der Waals surface area contributed by atoms with Crippen molar-refractivity contribution in [3.05, 3.63) is 85.1 Å². The molecule has 3 N–H and O–H groups in total. The fourth-order valence-electron chi connectivity index (χ4n) is 10.3. The number of unbranched alkanes of at least 4 members (excludes halogenated alkanes) is 43. The molecule has 0 aliphatic carbocycles. The van der Waals surface area contributed by atoms with Crippen LogP contribution < -0.4 is 5.32 Å². The second kappa shape index (κ2) is 66.8. The number of rotatable bonds is 62. The molecule has 0 saturated carbocycles. The summed E-state index contributed by atoms with van der Waals surface area (Å²) in [5.74, 6) is -0.0685. The lowest BCUT2D eigenvalue weighted by Crippen LogP contribution is -2.45. The zero-order valence-electron chi connectivity index (χ0n) is 51.0. The molecular formula is C72H131NO3. The highest BCUT2D eigenvalue weighted by Gasteiger charge is 2.18. The van der Waals surface area contributed by atoms with E-state index in [9.17, 15) is 15.0 Å². The summed E-state index contributed by atoms with van der Waals surface area (Å²) in [5, 5.41) is 23.2. The van der Waals surface area contributed by atoms with Crippen LogP contribution in [-0.4, -0.2) is 34.9 Å².